The highest BCUT2D eigenvalue weighted by molar-refractivity contribution is 7.99. The van der Waals surface area contributed by atoms with Crippen LogP contribution in [-0.2, 0) is 6.54 Å². The second-order valence-corrected chi connectivity index (χ2v) is 7.69. The number of halogens is 1. The number of benzene rings is 2. The van der Waals surface area contributed by atoms with Gasteiger partial charge in [0.05, 0.1) is 17.8 Å². The lowest BCUT2D eigenvalue weighted by Gasteiger charge is -2.06. The summed E-state index contributed by atoms with van der Waals surface area (Å²) in [6.07, 6.45) is 0.889. The molecular weight excluding hydrogens is 378 g/mol. The summed E-state index contributed by atoms with van der Waals surface area (Å²) in [5.74, 6) is 0.783. The van der Waals surface area contributed by atoms with Crippen LogP contribution in [0.4, 0.5) is 0 Å². The van der Waals surface area contributed by atoms with Crippen LogP contribution in [0, 0.1) is 6.92 Å². The fourth-order valence-electron chi connectivity index (χ4n) is 2.74. The molecule has 0 fully saturated rings. The molecule has 2 aromatic carbocycles. The Morgan fingerprint density at radius 3 is 2.48 bits per heavy atom. The first-order valence-electron chi connectivity index (χ1n) is 8.88. The van der Waals surface area contributed by atoms with E-state index < -0.39 is 0 Å². The molecule has 0 spiro atoms. The van der Waals surface area contributed by atoms with Crippen molar-refractivity contribution in [2.24, 2.45) is 0 Å². The first-order chi connectivity index (χ1) is 13.1. The van der Waals surface area contributed by atoms with Gasteiger partial charge in [0, 0.05) is 11.4 Å². The molecule has 27 heavy (non-hydrogen) atoms. The number of carbonyl (C=O) groups excluding carboxylic acids is 1. The lowest BCUT2D eigenvalue weighted by Crippen LogP contribution is -2.25. The second kappa shape index (κ2) is 9.62. The maximum atomic E-state index is 12.5. The van der Waals surface area contributed by atoms with Gasteiger partial charge >= 0.3 is 0 Å². The number of thioether (sulfide) groups is 1. The van der Waals surface area contributed by atoms with Gasteiger partial charge < -0.3 is 5.32 Å². The number of carbonyl (C=O) groups is 1. The van der Waals surface area contributed by atoms with E-state index in [4.69, 9.17) is 11.6 Å². The van der Waals surface area contributed by atoms with E-state index in [1.165, 1.54) is 4.90 Å². The SMILES string of the molecule is Cc1nn(Cc2ccccc2)c(Cl)c1C(=O)NCCCSc1ccccc1. The Hall–Kier alpha value is -2.24. The smallest absolute Gasteiger partial charge is 0.256 e. The summed E-state index contributed by atoms with van der Waals surface area (Å²) in [4.78, 5) is 13.8. The molecule has 140 valence electrons. The fraction of sp³-hybridized carbons (Fsp3) is 0.238. The zero-order valence-electron chi connectivity index (χ0n) is 15.2. The minimum absolute atomic E-state index is 0.165. The monoisotopic (exact) mass is 399 g/mol. The average Bonchev–Trinajstić information content (AvgIpc) is 2.96. The van der Waals surface area contributed by atoms with Gasteiger partial charge in [0.2, 0.25) is 0 Å². The third-order valence-electron chi connectivity index (χ3n) is 4.09. The lowest BCUT2D eigenvalue weighted by molar-refractivity contribution is 0.0953. The Balaban J connectivity index is 1.52. The van der Waals surface area contributed by atoms with Crippen LogP contribution in [0.5, 0.6) is 0 Å². The maximum absolute atomic E-state index is 12.5. The predicted molar refractivity (Wildman–Crippen MR) is 112 cm³/mol. The lowest BCUT2D eigenvalue weighted by atomic mass is 10.2. The van der Waals surface area contributed by atoms with Crippen molar-refractivity contribution in [3.05, 3.63) is 82.6 Å². The molecule has 0 bridgehead atoms. The molecule has 0 aliphatic carbocycles. The number of hydrogen-bond donors (Lipinski definition) is 1. The van der Waals surface area contributed by atoms with Crippen LogP contribution in [0.15, 0.2) is 65.6 Å². The van der Waals surface area contributed by atoms with Crippen molar-refractivity contribution in [1.29, 1.82) is 0 Å². The Morgan fingerprint density at radius 1 is 1.11 bits per heavy atom. The van der Waals surface area contributed by atoms with Gasteiger partial charge in [-0.05, 0) is 36.8 Å². The summed E-state index contributed by atoms with van der Waals surface area (Å²) in [7, 11) is 0. The third kappa shape index (κ3) is 5.37. The maximum Gasteiger partial charge on any atom is 0.256 e. The van der Waals surface area contributed by atoms with Gasteiger partial charge in [-0.3, -0.25) is 4.79 Å². The van der Waals surface area contributed by atoms with E-state index in [2.05, 4.69) is 22.5 Å². The summed E-state index contributed by atoms with van der Waals surface area (Å²) >= 11 is 8.22. The molecule has 1 heterocycles. The van der Waals surface area contributed by atoms with E-state index in [9.17, 15) is 4.79 Å². The van der Waals surface area contributed by atoms with Crippen LogP contribution in [0.25, 0.3) is 0 Å². The molecule has 0 saturated heterocycles. The van der Waals surface area contributed by atoms with E-state index >= 15 is 0 Å². The molecule has 1 amide bonds. The molecular formula is C21H22ClN3OS. The van der Waals surface area contributed by atoms with Crippen LogP contribution >= 0.6 is 23.4 Å². The molecule has 0 atom stereocenters. The largest absolute Gasteiger partial charge is 0.352 e. The quantitative estimate of drug-likeness (QED) is 0.437. The molecule has 4 nitrogen and oxygen atoms in total. The molecule has 0 unspecified atom stereocenters. The van der Waals surface area contributed by atoms with E-state index in [1.54, 1.807) is 16.4 Å². The highest BCUT2D eigenvalue weighted by Crippen LogP contribution is 2.21. The molecule has 6 heteroatoms. The van der Waals surface area contributed by atoms with Gasteiger partial charge in [0.1, 0.15) is 5.15 Å². The molecule has 0 aliphatic heterocycles. The summed E-state index contributed by atoms with van der Waals surface area (Å²) in [6.45, 7) is 2.97. The van der Waals surface area contributed by atoms with Gasteiger partial charge in [-0.1, -0.05) is 60.1 Å². The van der Waals surface area contributed by atoms with Gasteiger partial charge in [-0.2, -0.15) is 5.10 Å². The van der Waals surface area contributed by atoms with Crippen molar-refractivity contribution >= 4 is 29.3 Å². The number of amides is 1. The number of nitrogens with zero attached hydrogens (tertiary/aromatic N) is 2. The predicted octanol–water partition coefficient (Wildman–Crippen LogP) is 4.81. The Bertz CT molecular complexity index is 881. The topological polar surface area (TPSA) is 46.9 Å². The van der Waals surface area contributed by atoms with Crippen LogP contribution in [-0.4, -0.2) is 28.0 Å². The van der Waals surface area contributed by atoms with E-state index in [-0.39, 0.29) is 5.91 Å². The summed E-state index contributed by atoms with van der Waals surface area (Å²) in [5, 5.41) is 7.77. The molecule has 1 N–H and O–H groups in total. The average molecular weight is 400 g/mol. The molecule has 1 aromatic heterocycles. The van der Waals surface area contributed by atoms with Crippen LogP contribution in [0.1, 0.15) is 28.0 Å². The normalized spacial score (nSPS) is 10.7. The second-order valence-electron chi connectivity index (χ2n) is 6.17. The minimum Gasteiger partial charge on any atom is -0.352 e. The molecule has 0 saturated carbocycles. The van der Waals surface area contributed by atoms with Gasteiger partial charge in [0.25, 0.3) is 5.91 Å². The summed E-state index contributed by atoms with van der Waals surface area (Å²) in [5.41, 5.74) is 2.20. The van der Waals surface area contributed by atoms with E-state index in [0.717, 1.165) is 17.7 Å². The van der Waals surface area contributed by atoms with Gasteiger partial charge in [0.15, 0.2) is 0 Å². The van der Waals surface area contributed by atoms with Gasteiger partial charge in [-0.15, -0.1) is 11.8 Å². The first-order valence-corrected chi connectivity index (χ1v) is 10.2. The van der Waals surface area contributed by atoms with Crippen molar-refractivity contribution in [1.82, 2.24) is 15.1 Å². The summed E-state index contributed by atoms with van der Waals surface area (Å²) < 4.78 is 1.67. The molecule has 3 aromatic rings. The highest BCUT2D eigenvalue weighted by Gasteiger charge is 2.20. The molecule has 3 rings (SSSR count). The minimum atomic E-state index is -0.165. The van der Waals surface area contributed by atoms with Crippen molar-refractivity contribution in [2.45, 2.75) is 24.8 Å². The zero-order chi connectivity index (χ0) is 19.1. The van der Waals surface area contributed by atoms with Crippen LogP contribution in [0.2, 0.25) is 5.15 Å². The van der Waals surface area contributed by atoms with E-state index in [1.807, 2.05) is 55.5 Å². The van der Waals surface area contributed by atoms with Crippen LogP contribution < -0.4 is 5.32 Å². The third-order valence-corrected chi connectivity index (χ3v) is 5.57. The number of hydrogen-bond acceptors (Lipinski definition) is 3. The van der Waals surface area contributed by atoms with Crippen molar-refractivity contribution in [3.63, 3.8) is 0 Å². The zero-order valence-corrected chi connectivity index (χ0v) is 16.8. The summed E-state index contributed by atoms with van der Waals surface area (Å²) in [6, 6.07) is 20.2. The highest BCUT2D eigenvalue weighted by atomic mass is 35.5. The molecule has 0 aliphatic rings. The Labute approximate surface area is 168 Å². The fourth-order valence-corrected chi connectivity index (χ4v) is 3.94. The van der Waals surface area contributed by atoms with E-state index in [0.29, 0.717) is 29.5 Å². The standard InChI is InChI=1S/C21H22ClN3OS/c1-16-19(20(22)25(24-16)15-17-9-4-2-5-10-17)21(26)23-13-8-14-27-18-11-6-3-7-12-18/h2-7,9-12H,8,13-15H2,1H3,(H,23,26). The van der Waals surface area contributed by atoms with Crippen molar-refractivity contribution in [2.75, 3.05) is 12.3 Å². The van der Waals surface area contributed by atoms with Gasteiger partial charge in [-0.25, -0.2) is 4.68 Å². The van der Waals surface area contributed by atoms with Crippen molar-refractivity contribution < 1.29 is 4.79 Å². The number of rotatable bonds is 8. The number of aromatic nitrogens is 2. The Morgan fingerprint density at radius 2 is 1.78 bits per heavy atom. The van der Waals surface area contributed by atoms with Crippen LogP contribution in [0.3, 0.4) is 0 Å². The number of aryl methyl sites for hydroxylation is 1. The number of nitrogens with one attached hydrogen (secondary N) is 1. The van der Waals surface area contributed by atoms with Crippen molar-refractivity contribution in [3.8, 4) is 0 Å². The first kappa shape index (κ1) is 19.5. The molecule has 0 radical (unpaired) electrons. The Kier molecular flexibility index (Phi) is 6.96.